The van der Waals surface area contributed by atoms with Gasteiger partial charge in [-0.15, -0.1) is 26.3 Å². The predicted molar refractivity (Wildman–Crippen MR) is 126 cm³/mol. The molecule has 0 aromatic carbocycles. The highest BCUT2D eigenvalue weighted by atomic mass is 16.6. The summed E-state index contributed by atoms with van der Waals surface area (Å²) in [5, 5.41) is 0. The summed E-state index contributed by atoms with van der Waals surface area (Å²) >= 11 is 0. The zero-order valence-corrected chi connectivity index (χ0v) is 19.9. The molecular weight excluding hydrogens is 440 g/mol. The quantitative estimate of drug-likeness (QED) is 0.183. The van der Waals surface area contributed by atoms with Crippen LogP contribution >= 0.6 is 0 Å². The molecule has 0 radical (unpaired) electrons. The van der Waals surface area contributed by atoms with E-state index in [-0.39, 0.29) is 30.5 Å². The van der Waals surface area contributed by atoms with E-state index in [1.165, 1.54) is 0 Å². The summed E-state index contributed by atoms with van der Waals surface area (Å²) < 4.78 is 46.9. The largest absolute Gasteiger partial charge is 0.371 e. The minimum Gasteiger partial charge on any atom is -0.371 e. The third-order valence-electron chi connectivity index (χ3n) is 6.54. The molecule has 0 aliphatic carbocycles. The zero-order chi connectivity index (χ0) is 24.0. The van der Waals surface area contributed by atoms with Gasteiger partial charge in [-0.05, 0) is 6.42 Å². The first-order valence-electron chi connectivity index (χ1n) is 12.1. The molecule has 0 spiro atoms. The minimum atomic E-state index is -0.798. The van der Waals surface area contributed by atoms with Gasteiger partial charge in [0, 0.05) is 0 Å². The van der Waals surface area contributed by atoms with Crippen molar-refractivity contribution < 1.29 is 37.9 Å². The second kappa shape index (κ2) is 12.1. The standard InChI is InChI=1S/C26H38O8/c1-5-18(27-10-19-11-28-19)9-26(23(6-2)32-15-20-12-29-20,24(7-3)33-16-21-13-30-21)25(8-4)34-17-22-14-31-22/h5-8,18-25H,1-4,9-17H2. The lowest BCUT2D eigenvalue weighted by Gasteiger charge is -2.48. The lowest BCUT2D eigenvalue weighted by atomic mass is 9.67. The average Bonchev–Trinajstić information content (AvgIpc) is 3.65. The van der Waals surface area contributed by atoms with Crippen LogP contribution in [-0.4, -0.2) is 102 Å². The van der Waals surface area contributed by atoms with Crippen molar-refractivity contribution >= 4 is 0 Å². The fraction of sp³-hybridized carbons (Fsp3) is 0.692. The predicted octanol–water partition coefficient (Wildman–Crippen LogP) is 2.24. The molecule has 4 saturated heterocycles. The van der Waals surface area contributed by atoms with Gasteiger partial charge in [-0.25, -0.2) is 0 Å². The molecule has 0 N–H and O–H groups in total. The fourth-order valence-corrected chi connectivity index (χ4v) is 4.24. The summed E-state index contributed by atoms with van der Waals surface area (Å²) in [6.45, 7) is 21.0. The zero-order valence-electron chi connectivity index (χ0n) is 19.9. The molecule has 0 bridgehead atoms. The highest BCUT2D eigenvalue weighted by molar-refractivity contribution is 5.16. The van der Waals surface area contributed by atoms with Crippen LogP contribution in [0.25, 0.3) is 0 Å². The third-order valence-corrected chi connectivity index (χ3v) is 6.54. The average molecular weight is 479 g/mol. The molecule has 8 atom stereocenters. The molecular formula is C26H38O8. The van der Waals surface area contributed by atoms with Gasteiger partial charge in [-0.2, -0.15) is 0 Å². The van der Waals surface area contributed by atoms with Crippen LogP contribution in [0.5, 0.6) is 0 Å². The molecule has 0 aromatic heterocycles. The summed E-state index contributed by atoms with van der Waals surface area (Å²) in [6, 6.07) is 0. The Morgan fingerprint density at radius 3 is 1.18 bits per heavy atom. The van der Waals surface area contributed by atoms with Crippen molar-refractivity contribution in [1.29, 1.82) is 0 Å². The first-order chi connectivity index (χ1) is 16.6. The van der Waals surface area contributed by atoms with E-state index >= 15 is 0 Å². The van der Waals surface area contributed by atoms with E-state index in [4.69, 9.17) is 37.9 Å². The molecule has 34 heavy (non-hydrogen) atoms. The van der Waals surface area contributed by atoms with Crippen LogP contribution in [0.2, 0.25) is 0 Å². The van der Waals surface area contributed by atoms with Crippen molar-refractivity contribution in [3.63, 3.8) is 0 Å². The van der Waals surface area contributed by atoms with Gasteiger partial charge in [-0.3, -0.25) is 0 Å². The number of rotatable bonds is 21. The highest BCUT2D eigenvalue weighted by Crippen LogP contribution is 2.44. The van der Waals surface area contributed by atoms with Gasteiger partial charge in [0.05, 0.1) is 82.7 Å². The lowest BCUT2D eigenvalue weighted by Crippen LogP contribution is -2.56. The van der Waals surface area contributed by atoms with Crippen LogP contribution < -0.4 is 0 Å². The van der Waals surface area contributed by atoms with Crippen molar-refractivity contribution in [2.24, 2.45) is 5.41 Å². The monoisotopic (exact) mass is 478 g/mol. The molecule has 8 unspecified atom stereocenters. The Morgan fingerprint density at radius 2 is 0.912 bits per heavy atom. The second-order valence-corrected chi connectivity index (χ2v) is 9.21. The number of hydrogen-bond donors (Lipinski definition) is 0. The summed E-state index contributed by atoms with van der Waals surface area (Å²) in [5.74, 6) is 0. The molecule has 4 fully saturated rings. The van der Waals surface area contributed by atoms with Crippen LogP contribution in [0, 0.1) is 5.41 Å². The van der Waals surface area contributed by atoms with Crippen molar-refractivity contribution in [2.75, 3.05) is 52.9 Å². The maximum absolute atomic E-state index is 6.40. The van der Waals surface area contributed by atoms with Crippen LogP contribution in [0.1, 0.15) is 6.42 Å². The molecule has 8 heteroatoms. The molecule has 0 aromatic rings. The van der Waals surface area contributed by atoms with Gasteiger partial charge < -0.3 is 37.9 Å². The van der Waals surface area contributed by atoms with Gasteiger partial charge in [0.2, 0.25) is 0 Å². The van der Waals surface area contributed by atoms with Crippen LogP contribution in [0.15, 0.2) is 50.6 Å². The molecule has 0 amide bonds. The summed E-state index contributed by atoms with van der Waals surface area (Å²) in [7, 11) is 0. The van der Waals surface area contributed by atoms with E-state index in [1.54, 1.807) is 24.3 Å². The smallest absolute Gasteiger partial charge is 0.104 e. The molecule has 4 heterocycles. The van der Waals surface area contributed by atoms with Gasteiger partial charge in [0.15, 0.2) is 0 Å². The first-order valence-corrected chi connectivity index (χ1v) is 12.1. The summed E-state index contributed by atoms with van der Waals surface area (Å²) in [5.41, 5.74) is -0.798. The second-order valence-electron chi connectivity index (χ2n) is 9.21. The Bertz CT molecular complexity index is 626. The van der Waals surface area contributed by atoms with E-state index in [9.17, 15) is 0 Å². The summed E-state index contributed by atoms with van der Waals surface area (Å²) in [4.78, 5) is 0. The van der Waals surface area contributed by atoms with E-state index in [0.717, 1.165) is 0 Å². The Labute approximate surface area is 202 Å². The minimum absolute atomic E-state index is 0.0875. The van der Waals surface area contributed by atoms with E-state index < -0.39 is 23.7 Å². The van der Waals surface area contributed by atoms with Crippen molar-refractivity contribution in [3.8, 4) is 0 Å². The molecule has 4 rings (SSSR count). The Hall–Kier alpha value is -1.36. The van der Waals surface area contributed by atoms with Crippen LogP contribution in [-0.2, 0) is 37.9 Å². The Kier molecular flexibility index (Phi) is 9.12. The van der Waals surface area contributed by atoms with Crippen molar-refractivity contribution in [2.45, 2.75) is 55.3 Å². The topological polar surface area (TPSA) is 87.0 Å². The van der Waals surface area contributed by atoms with Crippen LogP contribution in [0.3, 0.4) is 0 Å². The maximum atomic E-state index is 6.40. The lowest BCUT2D eigenvalue weighted by molar-refractivity contribution is -0.167. The SMILES string of the molecule is C=CC(CC(C(C=C)OCC1CO1)(C(C=C)OCC1CO1)C(C=C)OCC1CO1)OCC1CO1. The van der Waals surface area contributed by atoms with Crippen molar-refractivity contribution in [3.05, 3.63) is 50.6 Å². The van der Waals surface area contributed by atoms with E-state index in [1.807, 2.05) is 0 Å². The highest BCUT2D eigenvalue weighted by Gasteiger charge is 2.53. The van der Waals surface area contributed by atoms with Crippen LogP contribution in [0.4, 0.5) is 0 Å². The molecule has 0 saturated carbocycles. The molecule has 8 nitrogen and oxygen atoms in total. The summed E-state index contributed by atoms with van der Waals surface area (Å²) in [6.07, 6.45) is 6.37. The number of epoxide rings is 4. The Morgan fingerprint density at radius 1 is 0.588 bits per heavy atom. The molecule has 4 aliphatic rings. The van der Waals surface area contributed by atoms with Gasteiger partial charge in [0.1, 0.15) is 24.4 Å². The molecule has 190 valence electrons. The Balaban J connectivity index is 1.63. The van der Waals surface area contributed by atoms with E-state index in [0.29, 0.717) is 59.3 Å². The maximum Gasteiger partial charge on any atom is 0.104 e. The molecule has 4 aliphatic heterocycles. The number of hydrogen-bond acceptors (Lipinski definition) is 8. The fourth-order valence-electron chi connectivity index (χ4n) is 4.24. The van der Waals surface area contributed by atoms with Gasteiger partial charge in [-0.1, -0.05) is 24.3 Å². The number of ether oxygens (including phenoxy) is 8. The van der Waals surface area contributed by atoms with Gasteiger partial charge >= 0.3 is 0 Å². The van der Waals surface area contributed by atoms with Gasteiger partial charge in [0.25, 0.3) is 0 Å². The van der Waals surface area contributed by atoms with Crippen molar-refractivity contribution in [1.82, 2.24) is 0 Å². The van der Waals surface area contributed by atoms with E-state index in [2.05, 4.69) is 26.3 Å². The first kappa shape index (κ1) is 25.7. The third kappa shape index (κ3) is 7.08. The normalized spacial score (nSPS) is 31.9.